The maximum Gasteiger partial charge on any atom is 0.495 e. The Labute approximate surface area is 143 Å². The first-order valence-electron chi connectivity index (χ1n) is 8.58. The van der Waals surface area contributed by atoms with Gasteiger partial charge in [-0.1, -0.05) is 29.8 Å². The van der Waals surface area contributed by atoms with Crippen LogP contribution in [0.3, 0.4) is 0 Å². The Morgan fingerprint density at radius 2 is 1.78 bits per heavy atom. The summed E-state index contributed by atoms with van der Waals surface area (Å²) in [7, 11) is -0.728. The summed E-state index contributed by atoms with van der Waals surface area (Å²) >= 11 is 6.28. The van der Waals surface area contributed by atoms with Gasteiger partial charge in [0.25, 0.3) is 0 Å². The minimum Gasteiger partial charge on any atom is -0.456 e. The van der Waals surface area contributed by atoms with Crippen LogP contribution in [0.2, 0.25) is 5.02 Å². The number of hydrogen-bond acceptors (Lipinski definition) is 3. The molecule has 1 fully saturated rings. The van der Waals surface area contributed by atoms with Gasteiger partial charge in [-0.2, -0.15) is 0 Å². The highest BCUT2D eigenvalue weighted by Crippen LogP contribution is 2.38. The molecule has 2 heterocycles. The summed E-state index contributed by atoms with van der Waals surface area (Å²) in [5.74, 6) is 0. The molecule has 1 aromatic heterocycles. The monoisotopic (exact) mass is 330 g/mol. The van der Waals surface area contributed by atoms with E-state index in [1.807, 2.05) is 27.7 Å². The molecule has 1 saturated heterocycles. The zero-order chi connectivity index (χ0) is 18.1. The summed E-state index contributed by atoms with van der Waals surface area (Å²) in [5, 5.41) is 1.76. The molecule has 0 saturated carbocycles. The Bertz CT molecular complexity index is 997. The molecule has 4 rings (SSSR count). The number of benzene rings is 2. The van der Waals surface area contributed by atoms with Crippen molar-refractivity contribution in [3.8, 4) is 0 Å². The summed E-state index contributed by atoms with van der Waals surface area (Å²) in [5.41, 5.74) is 0.694. The Kier molecular flexibility index (Phi) is 2.67. The highest BCUT2D eigenvalue weighted by molar-refractivity contribution is 6.66. The Morgan fingerprint density at radius 3 is 2.48 bits per heavy atom. The number of para-hydroxylation sites is 1. The minimum absolute atomic E-state index is 0.158. The second kappa shape index (κ2) is 4.76. The van der Waals surface area contributed by atoms with Crippen molar-refractivity contribution in [2.45, 2.75) is 38.9 Å². The van der Waals surface area contributed by atoms with E-state index in [4.69, 9.17) is 28.1 Å². The van der Waals surface area contributed by atoms with Crippen molar-refractivity contribution in [1.82, 2.24) is 0 Å². The van der Waals surface area contributed by atoms with Gasteiger partial charge in [-0.15, -0.1) is 0 Å². The van der Waals surface area contributed by atoms with E-state index in [1.54, 1.807) is 24.3 Å². The molecular weight excluding hydrogens is 310 g/mol. The molecule has 0 N–H and O–H groups in total. The number of furan rings is 1. The van der Waals surface area contributed by atoms with Gasteiger partial charge in [0.05, 0.1) is 13.9 Å². The quantitative estimate of drug-likeness (QED) is 0.614. The maximum absolute atomic E-state index is 8.49. The van der Waals surface area contributed by atoms with Gasteiger partial charge in [-0.25, -0.2) is 0 Å². The lowest BCUT2D eigenvalue weighted by molar-refractivity contribution is 0.00578. The van der Waals surface area contributed by atoms with E-state index in [2.05, 4.69) is 0 Å². The Morgan fingerprint density at radius 1 is 1.09 bits per heavy atom. The topological polar surface area (TPSA) is 31.6 Å². The molecule has 5 heteroatoms. The smallest absolute Gasteiger partial charge is 0.456 e. The molecule has 0 aliphatic carbocycles. The second-order valence-corrected chi connectivity index (χ2v) is 7.29. The summed E-state index contributed by atoms with van der Waals surface area (Å²) in [6.07, 6.45) is 0. The third kappa shape index (κ3) is 2.20. The van der Waals surface area contributed by atoms with E-state index in [9.17, 15) is 0 Å². The van der Waals surface area contributed by atoms with E-state index < -0.39 is 18.3 Å². The van der Waals surface area contributed by atoms with E-state index in [0.29, 0.717) is 22.7 Å². The van der Waals surface area contributed by atoms with Gasteiger partial charge in [0, 0.05) is 21.9 Å². The van der Waals surface area contributed by atoms with Crippen LogP contribution in [0, 0.1) is 0 Å². The van der Waals surface area contributed by atoms with Crippen LogP contribution in [0.5, 0.6) is 0 Å². The summed E-state index contributed by atoms with van der Waals surface area (Å²) < 4.78 is 34.6. The van der Waals surface area contributed by atoms with E-state index in [-0.39, 0.29) is 11.1 Å². The van der Waals surface area contributed by atoms with Crippen molar-refractivity contribution in [1.29, 1.82) is 0 Å². The van der Waals surface area contributed by atoms with Gasteiger partial charge in [0.15, 0.2) is 0 Å². The molecule has 1 aliphatic rings. The molecule has 2 aromatic carbocycles. The van der Waals surface area contributed by atoms with Crippen LogP contribution in [0.15, 0.2) is 40.8 Å². The highest BCUT2D eigenvalue weighted by Gasteiger charge is 2.52. The van der Waals surface area contributed by atoms with Crippen molar-refractivity contribution in [3.63, 3.8) is 0 Å². The predicted octanol–water partition coefficient (Wildman–Crippen LogP) is 4.54. The fourth-order valence-corrected chi connectivity index (χ4v) is 3.06. The van der Waals surface area contributed by atoms with Crippen LogP contribution in [-0.4, -0.2) is 18.3 Å². The highest BCUT2D eigenvalue weighted by atomic mass is 35.5. The van der Waals surface area contributed by atoms with Crippen molar-refractivity contribution in [2.24, 2.45) is 0 Å². The van der Waals surface area contributed by atoms with Gasteiger partial charge < -0.3 is 13.7 Å². The van der Waals surface area contributed by atoms with E-state index in [1.165, 1.54) is 0 Å². The fourth-order valence-electron chi connectivity index (χ4n) is 2.86. The predicted molar refractivity (Wildman–Crippen MR) is 94.4 cm³/mol. The molecule has 0 bridgehead atoms. The average molecular weight is 331 g/mol. The summed E-state index contributed by atoms with van der Waals surface area (Å²) in [6, 6.07) is 7.31. The van der Waals surface area contributed by atoms with Gasteiger partial charge in [0.2, 0.25) is 0 Å². The molecule has 0 amide bonds. The van der Waals surface area contributed by atoms with Crippen molar-refractivity contribution in [2.75, 3.05) is 0 Å². The number of halogens is 1. The Balaban J connectivity index is 2.04. The van der Waals surface area contributed by atoms with Gasteiger partial charge in [0.1, 0.15) is 11.2 Å². The minimum atomic E-state index is -0.728. The van der Waals surface area contributed by atoms with Crippen LogP contribution in [0.1, 0.15) is 30.4 Å². The van der Waals surface area contributed by atoms with Crippen LogP contribution in [0.25, 0.3) is 21.9 Å². The molecule has 0 atom stereocenters. The number of hydrogen-bond donors (Lipinski definition) is 0. The number of rotatable bonds is 1. The first-order valence-corrected chi connectivity index (χ1v) is 7.96. The fraction of sp³-hybridized carbons (Fsp3) is 0.333. The SMILES string of the molecule is [2H]c1ccc2oc3cc(Cl)c([2H])c(B4OC(C)(C)C(C)(C)O4)c3c2c1. The summed E-state index contributed by atoms with van der Waals surface area (Å²) in [6.45, 7) is 7.86. The van der Waals surface area contributed by atoms with Crippen LogP contribution < -0.4 is 5.46 Å². The molecule has 3 aromatic rings. The second-order valence-electron chi connectivity index (χ2n) is 6.88. The van der Waals surface area contributed by atoms with Gasteiger partial charge in [-0.05, 0) is 45.3 Å². The molecular formula is C18H18BClO3. The van der Waals surface area contributed by atoms with E-state index >= 15 is 0 Å². The lowest BCUT2D eigenvalue weighted by atomic mass is 9.76. The average Bonchev–Trinajstić information content (AvgIpc) is 2.94. The third-order valence-electron chi connectivity index (χ3n) is 4.83. The van der Waals surface area contributed by atoms with Crippen LogP contribution in [-0.2, 0) is 9.31 Å². The first kappa shape index (κ1) is 12.9. The van der Waals surface area contributed by atoms with Crippen LogP contribution >= 0.6 is 11.6 Å². The molecule has 3 nitrogen and oxygen atoms in total. The largest absolute Gasteiger partial charge is 0.495 e. The molecule has 118 valence electrons. The third-order valence-corrected chi connectivity index (χ3v) is 5.03. The van der Waals surface area contributed by atoms with Gasteiger partial charge in [-0.3, -0.25) is 0 Å². The number of fused-ring (bicyclic) bond motifs is 3. The molecule has 0 unspecified atom stereocenters. The zero-order valence-corrected chi connectivity index (χ0v) is 14.2. The van der Waals surface area contributed by atoms with Crippen molar-refractivity contribution >= 4 is 46.1 Å². The first-order chi connectivity index (χ1) is 11.6. The maximum atomic E-state index is 8.49. The lowest BCUT2D eigenvalue weighted by Gasteiger charge is -2.32. The van der Waals surface area contributed by atoms with Gasteiger partial charge >= 0.3 is 7.12 Å². The van der Waals surface area contributed by atoms with Crippen LogP contribution in [0.4, 0.5) is 0 Å². The molecule has 0 radical (unpaired) electrons. The van der Waals surface area contributed by atoms with Crippen molar-refractivity contribution < 1.29 is 16.5 Å². The zero-order valence-electron chi connectivity index (χ0n) is 15.5. The summed E-state index contributed by atoms with van der Waals surface area (Å²) in [4.78, 5) is 0. The molecule has 23 heavy (non-hydrogen) atoms. The van der Waals surface area contributed by atoms with E-state index in [0.717, 1.165) is 10.8 Å². The lowest BCUT2D eigenvalue weighted by Crippen LogP contribution is -2.41. The molecule has 1 aliphatic heterocycles. The van der Waals surface area contributed by atoms with Crippen molar-refractivity contribution in [3.05, 3.63) is 41.4 Å². The normalized spacial score (nSPS) is 21.0. The standard InChI is InChI=1S/C18H18BClO3/c1-17(2)18(3,4)23-19(22-17)13-9-11(20)10-15-16(13)12-7-5-6-8-14(12)21-15/h5-10H,1-4H3/i5D,9D. The molecule has 0 spiro atoms. The Hall–Kier alpha value is -1.49.